The number of carbonyl (C=O) groups excluding carboxylic acids is 1. The van der Waals surface area contributed by atoms with Crippen molar-refractivity contribution in [2.24, 2.45) is 5.10 Å². The number of nitrogens with one attached hydrogen (secondary N) is 1. The Morgan fingerprint density at radius 3 is 2.68 bits per heavy atom. The van der Waals surface area contributed by atoms with Gasteiger partial charge in [0, 0.05) is 0 Å². The molecule has 1 heterocycles. The van der Waals surface area contributed by atoms with Crippen LogP contribution in [0.25, 0.3) is 0 Å². The molecule has 120 valence electrons. The topological polar surface area (TPSA) is 69.2 Å². The minimum absolute atomic E-state index is 0.119. The Morgan fingerprint density at radius 2 is 2.05 bits per heavy atom. The lowest BCUT2D eigenvalue weighted by atomic mass is 10.2. The first kappa shape index (κ1) is 16.5. The molecule has 0 saturated carbocycles. The number of hydrogen-bond acceptors (Lipinski definition) is 5. The van der Waals surface area contributed by atoms with E-state index in [1.165, 1.54) is 0 Å². The van der Waals surface area contributed by atoms with E-state index in [4.69, 9.17) is 14.2 Å². The molecule has 1 aromatic carbocycles. The molecule has 6 nitrogen and oxygen atoms in total. The molecule has 0 unspecified atom stereocenters. The Kier molecular flexibility index (Phi) is 5.91. The van der Waals surface area contributed by atoms with Crippen LogP contribution in [0.2, 0.25) is 0 Å². The Balaban J connectivity index is 1.78. The van der Waals surface area contributed by atoms with Gasteiger partial charge in [-0.1, -0.05) is 6.92 Å². The highest BCUT2D eigenvalue weighted by molar-refractivity contribution is 5.82. The van der Waals surface area contributed by atoms with E-state index in [1.54, 1.807) is 13.1 Å². The molecule has 0 bridgehead atoms. The van der Waals surface area contributed by atoms with Gasteiger partial charge in [-0.2, -0.15) is 5.10 Å². The minimum Gasteiger partial charge on any atom is -0.494 e. The van der Waals surface area contributed by atoms with Crippen molar-refractivity contribution in [3.8, 4) is 5.75 Å². The number of carbonyl (C=O) groups is 1. The summed E-state index contributed by atoms with van der Waals surface area (Å²) in [6.45, 7) is 5.54. The van der Waals surface area contributed by atoms with Crippen molar-refractivity contribution in [2.75, 3.05) is 19.8 Å². The van der Waals surface area contributed by atoms with Crippen molar-refractivity contribution >= 4 is 12.1 Å². The fraction of sp³-hybridized carbons (Fsp3) is 0.500. The number of ether oxygens (including phenoxy) is 3. The summed E-state index contributed by atoms with van der Waals surface area (Å²) in [4.78, 5) is 11.8. The number of nitrogens with zero attached hydrogens (tertiary/aromatic N) is 1. The first-order valence-electron chi connectivity index (χ1n) is 7.44. The van der Waals surface area contributed by atoms with Gasteiger partial charge in [0.2, 0.25) is 5.91 Å². The Bertz CT molecular complexity index is 507. The van der Waals surface area contributed by atoms with Gasteiger partial charge in [0.1, 0.15) is 5.75 Å². The second-order valence-electron chi connectivity index (χ2n) is 5.22. The zero-order valence-corrected chi connectivity index (χ0v) is 13.0. The molecule has 1 aliphatic rings. The average molecular weight is 306 g/mol. The van der Waals surface area contributed by atoms with E-state index < -0.39 is 5.79 Å². The Hall–Kier alpha value is -1.92. The highest BCUT2D eigenvalue weighted by Crippen LogP contribution is 2.22. The monoisotopic (exact) mass is 306 g/mol. The van der Waals surface area contributed by atoms with Gasteiger partial charge in [0.15, 0.2) is 5.79 Å². The fourth-order valence-corrected chi connectivity index (χ4v) is 2.04. The van der Waals surface area contributed by atoms with Gasteiger partial charge in [0.25, 0.3) is 0 Å². The van der Waals surface area contributed by atoms with E-state index in [-0.39, 0.29) is 12.3 Å². The molecule has 0 aromatic heterocycles. The SMILES string of the molecule is CCCOc1ccc(/C=N\NC(=O)CC2(C)OCCO2)cc1. The third-order valence-corrected chi connectivity index (χ3v) is 3.14. The normalized spacial score (nSPS) is 16.8. The van der Waals surface area contributed by atoms with Crippen LogP contribution in [0, 0.1) is 0 Å². The zero-order valence-electron chi connectivity index (χ0n) is 13.0. The summed E-state index contributed by atoms with van der Waals surface area (Å²) in [5, 5.41) is 3.93. The van der Waals surface area contributed by atoms with E-state index >= 15 is 0 Å². The first-order valence-corrected chi connectivity index (χ1v) is 7.44. The third kappa shape index (κ3) is 5.13. The van der Waals surface area contributed by atoms with Crippen molar-refractivity contribution in [1.29, 1.82) is 0 Å². The molecule has 0 spiro atoms. The van der Waals surface area contributed by atoms with Crippen molar-refractivity contribution in [3.63, 3.8) is 0 Å². The Labute approximate surface area is 130 Å². The fourth-order valence-electron chi connectivity index (χ4n) is 2.04. The molecule has 1 fully saturated rings. The van der Waals surface area contributed by atoms with Crippen LogP contribution in [0.15, 0.2) is 29.4 Å². The van der Waals surface area contributed by atoms with Crippen molar-refractivity contribution in [1.82, 2.24) is 5.43 Å². The summed E-state index contributed by atoms with van der Waals surface area (Å²) in [6.07, 6.45) is 2.68. The number of rotatable bonds is 7. The summed E-state index contributed by atoms with van der Waals surface area (Å²) < 4.78 is 16.2. The second kappa shape index (κ2) is 7.91. The number of hydrogen-bond donors (Lipinski definition) is 1. The van der Waals surface area contributed by atoms with E-state index in [9.17, 15) is 4.79 Å². The van der Waals surface area contributed by atoms with Crippen LogP contribution >= 0.6 is 0 Å². The molecule has 22 heavy (non-hydrogen) atoms. The van der Waals surface area contributed by atoms with E-state index in [0.717, 1.165) is 17.7 Å². The maximum Gasteiger partial charge on any atom is 0.245 e. The van der Waals surface area contributed by atoms with Crippen LogP contribution in [0.1, 0.15) is 32.3 Å². The zero-order chi connectivity index (χ0) is 15.8. The maximum absolute atomic E-state index is 11.8. The third-order valence-electron chi connectivity index (χ3n) is 3.14. The first-order chi connectivity index (χ1) is 10.6. The van der Waals surface area contributed by atoms with Crippen LogP contribution in [-0.2, 0) is 14.3 Å². The average Bonchev–Trinajstić information content (AvgIpc) is 2.92. The van der Waals surface area contributed by atoms with Crippen LogP contribution in [0.5, 0.6) is 5.75 Å². The van der Waals surface area contributed by atoms with Crippen LogP contribution in [-0.4, -0.2) is 37.7 Å². The molecule has 0 radical (unpaired) electrons. The standard InChI is InChI=1S/C16H22N2O4/c1-3-8-20-14-6-4-13(5-7-14)12-17-18-15(19)11-16(2)21-9-10-22-16/h4-7,12H,3,8-11H2,1-2H3,(H,18,19)/b17-12-. The summed E-state index contributed by atoms with van der Waals surface area (Å²) in [5.74, 6) is -0.257. The molecule has 2 rings (SSSR count). The predicted molar refractivity (Wildman–Crippen MR) is 82.9 cm³/mol. The van der Waals surface area contributed by atoms with Crippen molar-refractivity contribution < 1.29 is 19.0 Å². The van der Waals surface area contributed by atoms with Crippen LogP contribution in [0.4, 0.5) is 0 Å². The number of hydrazone groups is 1. The lowest BCUT2D eigenvalue weighted by Crippen LogP contribution is -2.33. The van der Waals surface area contributed by atoms with Gasteiger partial charge in [0.05, 0.1) is 32.5 Å². The number of benzene rings is 1. The lowest BCUT2D eigenvalue weighted by Gasteiger charge is -2.20. The van der Waals surface area contributed by atoms with Gasteiger partial charge < -0.3 is 14.2 Å². The van der Waals surface area contributed by atoms with Gasteiger partial charge in [-0.15, -0.1) is 0 Å². The molecule has 1 aromatic rings. The van der Waals surface area contributed by atoms with Gasteiger partial charge in [-0.3, -0.25) is 4.79 Å². The molecule has 6 heteroatoms. The molecule has 1 N–H and O–H groups in total. The smallest absolute Gasteiger partial charge is 0.245 e. The summed E-state index contributed by atoms with van der Waals surface area (Å²) in [6, 6.07) is 7.51. The lowest BCUT2D eigenvalue weighted by molar-refractivity contribution is -0.159. The van der Waals surface area contributed by atoms with Gasteiger partial charge >= 0.3 is 0 Å². The minimum atomic E-state index is -0.835. The maximum atomic E-state index is 11.8. The van der Waals surface area contributed by atoms with E-state index in [1.807, 2.05) is 24.3 Å². The molecule has 1 amide bonds. The van der Waals surface area contributed by atoms with Crippen LogP contribution in [0.3, 0.4) is 0 Å². The summed E-state index contributed by atoms with van der Waals surface area (Å²) >= 11 is 0. The summed E-state index contributed by atoms with van der Waals surface area (Å²) in [7, 11) is 0. The molecule has 0 aliphatic carbocycles. The predicted octanol–water partition coefficient (Wildman–Crippen LogP) is 2.08. The molecule has 1 saturated heterocycles. The van der Waals surface area contributed by atoms with Gasteiger partial charge in [-0.25, -0.2) is 5.43 Å². The molecule has 0 atom stereocenters. The molecular weight excluding hydrogens is 284 g/mol. The summed E-state index contributed by atoms with van der Waals surface area (Å²) in [5.41, 5.74) is 3.35. The van der Waals surface area contributed by atoms with Gasteiger partial charge in [-0.05, 0) is 43.2 Å². The van der Waals surface area contributed by atoms with E-state index in [2.05, 4.69) is 17.5 Å². The van der Waals surface area contributed by atoms with Crippen molar-refractivity contribution in [3.05, 3.63) is 29.8 Å². The largest absolute Gasteiger partial charge is 0.494 e. The van der Waals surface area contributed by atoms with E-state index in [0.29, 0.717) is 19.8 Å². The highest BCUT2D eigenvalue weighted by Gasteiger charge is 2.33. The highest BCUT2D eigenvalue weighted by atomic mass is 16.7. The van der Waals surface area contributed by atoms with Crippen molar-refractivity contribution in [2.45, 2.75) is 32.5 Å². The second-order valence-corrected chi connectivity index (χ2v) is 5.22. The molecule has 1 aliphatic heterocycles. The van der Waals surface area contributed by atoms with Crippen LogP contribution < -0.4 is 10.2 Å². The Morgan fingerprint density at radius 1 is 1.36 bits per heavy atom. The molecular formula is C16H22N2O4. The quantitative estimate of drug-likeness (QED) is 0.618. The number of amides is 1.